The van der Waals surface area contributed by atoms with Crippen LogP contribution in [0.3, 0.4) is 0 Å². The summed E-state index contributed by atoms with van der Waals surface area (Å²) in [6.45, 7) is 4.67. The highest BCUT2D eigenvalue weighted by atomic mass is 14.5. The average molecular weight is 567 g/mol. The summed E-state index contributed by atoms with van der Waals surface area (Å²) in [4.78, 5) is 0. The quantitative estimate of drug-likeness (QED) is 0.243. The van der Waals surface area contributed by atoms with Crippen LogP contribution in [-0.4, -0.2) is 0 Å². The molecule has 10 unspecified atom stereocenters. The zero-order valence-corrected chi connectivity index (χ0v) is 27.2. The molecule has 230 valence electrons. The third kappa shape index (κ3) is 7.05. The van der Waals surface area contributed by atoms with Crippen LogP contribution < -0.4 is 0 Å². The van der Waals surface area contributed by atoms with Crippen molar-refractivity contribution in [3.8, 4) is 0 Å². The molecule has 0 heterocycles. The van der Waals surface area contributed by atoms with Crippen molar-refractivity contribution < 1.29 is 0 Å². The van der Waals surface area contributed by atoms with E-state index in [9.17, 15) is 0 Å². The predicted octanol–water partition coefficient (Wildman–Crippen LogP) is 12.1. The van der Waals surface area contributed by atoms with Gasteiger partial charge in [-0.3, -0.25) is 0 Å². The second-order valence-electron chi connectivity index (χ2n) is 15.4. The lowest BCUT2D eigenvalue weighted by Gasteiger charge is -2.47. The van der Waals surface area contributed by atoms with Crippen LogP contribution in [0.15, 0.2) is 72.9 Å². The maximum Gasteiger partial charge on any atom is -0.0134 e. The van der Waals surface area contributed by atoms with Gasteiger partial charge in [0, 0.05) is 0 Å². The molecular weight excluding hydrogens is 504 g/mol. The molecule has 0 aromatic carbocycles. The van der Waals surface area contributed by atoms with E-state index >= 15 is 0 Å². The van der Waals surface area contributed by atoms with E-state index in [4.69, 9.17) is 0 Å². The van der Waals surface area contributed by atoms with Crippen LogP contribution in [0.4, 0.5) is 0 Å². The lowest BCUT2D eigenvalue weighted by atomic mass is 9.57. The molecule has 0 nitrogen and oxygen atoms in total. The highest BCUT2D eigenvalue weighted by molar-refractivity contribution is 5.18. The largest absolute Gasteiger partial charge is 0.0885 e. The Kier molecular flexibility index (Phi) is 10.8. The summed E-state index contributed by atoms with van der Waals surface area (Å²) < 4.78 is 0. The van der Waals surface area contributed by atoms with Crippen LogP contribution in [0.2, 0.25) is 0 Å². The average Bonchev–Trinajstić information content (AvgIpc) is 3.07. The van der Waals surface area contributed by atoms with Gasteiger partial charge in [-0.2, -0.15) is 0 Å². The molecule has 0 spiro atoms. The Morgan fingerprint density at radius 2 is 1.45 bits per heavy atom. The van der Waals surface area contributed by atoms with Gasteiger partial charge in [-0.05, 0) is 161 Å². The molecular formula is C42H62. The minimum atomic E-state index is 0.774. The van der Waals surface area contributed by atoms with Crippen LogP contribution in [0, 0.1) is 71.0 Å². The Bertz CT molecular complexity index is 1010. The molecule has 6 aliphatic rings. The second kappa shape index (κ2) is 14.9. The maximum absolute atomic E-state index is 2.76. The fourth-order valence-corrected chi connectivity index (χ4v) is 10.9. The summed E-state index contributed by atoms with van der Waals surface area (Å²) in [6.07, 6.45) is 53.2. The molecule has 0 aliphatic heterocycles. The van der Waals surface area contributed by atoms with Crippen LogP contribution in [-0.2, 0) is 0 Å². The Morgan fingerprint density at radius 1 is 0.643 bits per heavy atom. The summed E-state index contributed by atoms with van der Waals surface area (Å²) in [5.74, 6) is 10.2. The molecule has 0 radical (unpaired) electrons. The molecule has 0 N–H and O–H groups in total. The van der Waals surface area contributed by atoms with Crippen molar-refractivity contribution in [2.75, 3.05) is 0 Å². The molecule has 6 rings (SSSR count). The van der Waals surface area contributed by atoms with E-state index in [1.54, 1.807) is 0 Å². The van der Waals surface area contributed by atoms with E-state index in [1.807, 2.05) is 0 Å². The first kappa shape index (κ1) is 30.5. The molecule has 0 aromatic rings. The van der Waals surface area contributed by atoms with E-state index in [0.29, 0.717) is 0 Å². The third-order valence-electron chi connectivity index (χ3n) is 13.1. The highest BCUT2D eigenvalue weighted by Crippen LogP contribution is 2.52. The minimum absolute atomic E-state index is 0.774. The van der Waals surface area contributed by atoms with Gasteiger partial charge in [0.2, 0.25) is 0 Å². The van der Waals surface area contributed by atoms with Crippen LogP contribution in [0.25, 0.3) is 0 Å². The normalized spacial score (nSPS) is 42.6. The lowest BCUT2D eigenvalue weighted by molar-refractivity contribution is 0.105. The summed E-state index contributed by atoms with van der Waals surface area (Å²) in [6, 6.07) is 0. The number of hydrogen-bond donors (Lipinski definition) is 0. The van der Waals surface area contributed by atoms with Crippen molar-refractivity contribution in [3.63, 3.8) is 0 Å². The summed E-state index contributed by atoms with van der Waals surface area (Å²) in [5.41, 5.74) is 0. The second-order valence-corrected chi connectivity index (χ2v) is 15.4. The summed E-state index contributed by atoms with van der Waals surface area (Å²) in [5, 5.41) is 0. The monoisotopic (exact) mass is 566 g/mol. The van der Waals surface area contributed by atoms with Gasteiger partial charge in [-0.25, -0.2) is 0 Å². The molecule has 2 fully saturated rings. The minimum Gasteiger partial charge on any atom is -0.0885 e. The van der Waals surface area contributed by atoms with E-state index in [0.717, 1.165) is 71.0 Å². The van der Waals surface area contributed by atoms with Crippen LogP contribution in [0.5, 0.6) is 0 Å². The Balaban J connectivity index is 1.07. The standard InChI is InChI=1S/C42H62/c1-3-5-13-31(12-4-2)37-16-11-17-38(30-37)34-22-26-36(27-23-34)40-29-28-39(41-18-9-10-19-42(40)41)35-24-20-33(21-25-35)32-14-7-6-8-15-32/h5-9,13-14,18,22,26,28-29,31-42H,3-4,10-12,15-17,19-21,23-25,27,30H2,1-2H3/b13-5-. The van der Waals surface area contributed by atoms with E-state index in [2.05, 4.69) is 86.8 Å². The fourth-order valence-electron chi connectivity index (χ4n) is 10.9. The zero-order valence-electron chi connectivity index (χ0n) is 27.2. The molecule has 2 saturated carbocycles. The number of hydrogen-bond acceptors (Lipinski definition) is 0. The summed E-state index contributed by atoms with van der Waals surface area (Å²) in [7, 11) is 0. The number of fused-ring (bicyclic) bond motifs is 1. The van der Waals surface area contributed by atoms with Gasteiger partial charge >= 0.3 is 0 Å². The van der Waals surface area contributed by atoms with Gasteiger partial charge in [0.15, 0.2) is 0 Å². The van der Waals surface area contributed by atoms with Gasteiger partial charge < -0.3 is 0 Å². The van der Waals surface area contributed by atoms with Crippen molar-refractivity contribution >= 4 is 0 Å². The van der Waals surface area contributed by atoms with Crippen molar-refractivity contribution in [2.24, 2.45) is 71.0 Å². The maximum atomic E-state index is 2.76. The number of allylic oxidation sites excluding steroid dienone is 12. The van der Waals surface area contributed by atoms with Gasteiger partial charge in [0.1, 0.15) is 0 Å². The molecule has 0 bridgehead atoms. The molecule has 10 atom stereocenters. The highest BCUT2D eigenvalue weighted by Gasteiger charge is 2.43. The van der Waals surface area contributed by atoms with E-state index in [-0.39, 0.29) is 0 Å². The van der Waals surface area contributed by atoms with Crippen LogP contribution >= 0.6 is 0 Å². The Hall–Kier alpha value is -1.56. The van der Waals surface area contributed by atoms with Crippen molar-refractivity contribution in [3.05, 3.63) is 72.9 Å². The lowest BCUT2D eigenvalue weighted by Crippen LogP contribution is -2.39. The molecule has 0 aromatic heterocycles. The molecule has 0 heteroatoms. The van der Waals surface area contributed by atoms with E-state index in [1.165, 1.54) is 103 Å². The SMILES string of the molecule is CC/C=C\C(CCC)C1CCCC(C2C=CC(C3C=CC(C4CCC(C5C=CC=CC5)CC4)C4C=CCCC34)CC2)C1. The van der Waals surface area contributed by atoms with Crippen molar-refractivity contribution in [1.82, 2.24) is 0 Å². The van der Waals surface area contributed by atoms with Gasteiger partial charge in [0.25, 0.3) is 0 Å². The topological polar surface area (TPSA) is 0 Å². The molecule has 0 saturated heterocycles. The zero-order chi connectivity index (χ0) is 28.7. The predicted molar refractivity (Wildman–Crippen MR) is 182 cm³/mol. The van der Waals surface area contributed by atoms with Gasteiger partial charge in [-0.1, -0.05) is 99.6 Å². The van der Waals surface area contributed by atoms with Crippen molar-refractivity contribution in [2.45, 2.75) is 117 Å². The van der Waals surface area contributed by atoms with Gasteiger partial charge in [0.05, 0.1) is 0 Å². The molecule has 42 heavy (non-hydrogen) atoms. The van der Waals surface area contributed by atoms with Crippen molar-refractivity contribution in [1.29, 1.82) is 0 Å². The smallest absolute Gasteiger partial charge is 0.0134 e. The molecule has 6 aliphatic carbocycles. The first-order valence-corrected chi connectivity index (χ1v) is 18.8. The molecule has 0 amide bonds. The number of rotatable bonds is 9. The first-order chi connectivity index (χ1) is 20.7. The summed E-state index contributed by atoms with van der Waals surface area (Å²) >= 11 is 0. The van der Waals surface area contributed by atoms with Crippen LogP contribution in [0.1, 0.15) is 117 Å². The first-order valence-electron chi connectivity index (χ1n) is 18.8. The Morgan fingerprint density at radius 3 is 2.21 bits per heavy atom. The van der Waals surface area contributed by atoms with Gasteiger partial charge in [-0.15, -0.1) is 0 Å². The van der Waals surface area contributed by atoms with E-state index < -0.39 is 0 Å². The Labute approximate surface area is 260 Å². The third-order valence-corrected chi connectivity index (χ3v) is 13.1. The fraction of sp³-hybridized carbons (Fsp3) is 0.714.